The SMILES string of the molecule is CC(=O)c1cc(F)ccc1-c1oc(C)nc1Cc1cnn(CC2CC2)c1. The Morgan fingerprint density at radius 1 is 1.38 bits per heavy atom. The summed E-state index contributed by atoms with van der Waals surface area (Å²) < 4.78 is 21.3. The summed E-state index contributed by atoms with van der Waals surface area (Å²) in [5, 5.41) is 4.41. The normalized spacial score (nSPS) is 14.0. The van der Waals surface area contributed by atoms with Gasteiger partial charge in [-0.05, 0) is 49.4 Å². The van der Waals surface area contributed by atoms with E-state index in [4.69, 9.17) is 4.42 Å². The van der Waals surface area contributed by atoms with Crippen molar-refractivity contribution >= 4 is 5.78 Å². The first-order valence-electron chi connectivity index (χ1n) is 8.78. The van der Waals surface area contributed by atoms with Gasteiger partial charge >= 0.3 is 0 Å². The number of carbonyl (C=O) groups is 1. The molecule has 0 amide bonds. The van der Waals surface area contributed by atoms with Crippen LogP contribution < -0.4 is 0 Å². The molecule has 2 aromatic heterocycles. The molecule has 5 nitrogen and oxygen atoms in total. The van der Waals surface area contributed by atoms with Gasteiger partial charge in [0.15, 0.2) is 17.4 Å². The quantitative estimate of drug-likeness (QED) is 0.624. The Labute approximate surface area is 150 Å². The second-order valence-electron chi connectivity index (χ2n) is 6.95. The van der Waals surface area contributed by atoms with Crippen LogP contribution in [0.5, 0.6) is 0 Å². The zero-order valence-electron chi connectivity index (χ0n) is 14.8. The average Bonchev–Trinajstić information content (AvgIpc) is 3.18. The number of nitrogens with zero attached hydrogens (tertiary/aromatic N) is 3. The molecular weight excluding hydrogens is 333 g/mol. The lowest BCUT2D eigenvalue weighted by molar-refractivity contribution is 0.101. The molecule has 0 unspecified atom stereocenters. The van der Waals surface area contributed by atoms with Crippen LogP contribution in [-0.4, -0.2) is 20.5 Å². The minimum Gasteiger partial charge on any atom is -0.441 e. The Morgan fingerprint density at radius 2 is 2.19 bits per heavy atom. The summed E-state index contributed by atoms with van der Waals surface area (Å²) in [5.74, 6) is 1.13. The third kappa shape index (κ3) is 3.45. The van der Waals surface area contributed by atoms with Crippen molar-refractivity contribution in [3.05, 3.63) is 59.1 Å². The number of aromatic nitrogens is 3. The largest absolute Gasteiger partial charge is 0.441 e. The number of hydrogen-bond acceptors (Lipinski definition) is 4. The van der Waals surface area contributed by atoms with E-state index >= 15 is 0 Å². The van der Waals surface area contributed by atoms with E-state index in [1.54, 1.807) is 13.0 Å². The van der Waals surface area contributed by atoms with Gasteiger partial charge in [-0.2, -0.15) is 5.10 Å². The highest BCUT2D eigenvalue weighted by atomic mass is 19.1. The van der Waals surface area contributed by atoms with E-state index in [0.717, 1.165) is 23.7 Å². The van der Waals surface area contributed by atoms with Gasteiger partial charge in [-0.3, -0.25) is 9.48 Å². The standard InChI is InChI=1S/C20H20FN3O2/c1-12(25)18-8-16(21)5-6-17(18)20-19(23-13(2)26-20)7-15-9-22-24(11-15)10-14-3-4-14/h5-6,8-9,11,14H,3-4,7,10H2,1-2H3. The van der Waals surface area contributed by atoms with Crippen LogP contribution in [-0.2, 0) is 13.0 Å². The molecule has 0 atom stereocenters. The molecule has 0 aliphatic heterocycles. The van der Waals surface area contributed by atoms with Gasteiger partial charge in [0.05, 0.1) is 11.9 Å². The highest BCUT2D eigenvalue weighted by Gasteiger charge is 2.23. The van der Waals surface area contributed by atoms with Crippen LogP contribution in [0.15, 0.2) is 35.0 Å². The second kappa shape index (κ2) is 6.52. The van der Waals surface area contributed by atoms with E-state index < -0.39 is 5.82 Å². The van der Waals surface area contributed by atoms with E-state index in [-0.39, 0.29) is 5.78 Å². The second-order valence-corrected chi connectivity index (χ2v) is 6.95. The lowest BCUT2D eigenvalue weighted by Gasteiger charge is -2.06. The molecule has 0 spiro atoms. The zero-order chi connectivity index (χ0) is 18.3. The van der Waals surface area contributed by atoms with Crippen molar-refractivity contribution in [2.24, 2.45) is 5.92 Å². The minimum absolute atomic E-state index is 0.211. The number of Topliss-reactive ketones (excluding diaryl/α,β-unsaturated/α-hetero) is 1. The molecule has 0 radical (unpaired) electrons. The van der Waals surface area contributed by atoms with Crippen molar-refractivity contribution in [1.82, 2.24) is 14.8 Å². The van der Waals surface area contributed by atoms with Gasteiger partial charge < -0.3 is 4.42 Å². The summed E-state index contributed by atoms with van der Waals surface area (Å²) in [5.41, 5.74) is 2.63. The van der Waals surface area contributed by atoms with E-state index in [1.165, 1.54) is 31.9 Å². The number of hydrogen-bond donors (Lipinski definition) is 0. The topological polar surface area (TPSA) is 60.9 Å². The number of ketones is 1. The van der Waals surface area contributed by atoms with Crippen molar-refractivity contribution < 1.29 is 13.6 Å². The highest BCUT2D eigenvalue weighted by Crippen LogP contribution is 2.32. The average molecular weight is 353 g/mol. The van der Waals surface area contributed by atoms with Gasteiger partial charge in [0.2, 0.25) is 0 Å². The Kier molecular flexibility index (Phi) is 4.18. The third-order valence-electron chi connectivity index (χ3n) is 4.61. The molecule has 2 heterocycles. The number of oxazole rings is 1. The monoisotopic (exact) mass is 353 g/mol. The first-order chi connectivity index (χ1) is 12.5. The number of rotatable bonds is 6. The Hall–Kier alpha value is -2.76. The fraction of sp³-hybridized carbons (Fsp3) is 0.350. The van der Waals surface area contributed by atoms with Gasteiger partial charge in [-0.1, -0.05) is 0 Å². The number of halogens is 1. The van der Waals surface area contributed by atoms with Crippen molar-refractivity contribution in [2.45, 2.75) is 39.7 Å². The number of benzene rings is 1. The molecule has 1 fully saturated rings. The van der Waals surface area contributed by atoms with Crippen molar-refractivity contribution in [3.8, 4) is 11.3 Å². The summed E-state index contributed by atoms with van der Waals surface area (Å²) in [6.45, 7) is 4.14. The predicted octanol–water partition coefficient (Wildman–Crippen LogP) is 4.19. The van der Waals surface area contributed by atoms with Gasteiger partial charge in [0.1, 0.15) is 5.82 Å². The summed E-state index contributed by atoms with van der Waals surface area (Å²) in [6, 6.07) is 4.15. The van der Waals surface area contributed by atoms with Gasteiger partial charge in [0, 0.05) is 37.2 Å². The molecule has 1 aliphatic rings. The van der Waals surface area contributed by atoms with E-state index in [9.17, 15) is 9.18 Å². The van der Waals surface area contributed by atoms with Crippen LogP contribution in [0.25, 0.3) is 11.3 Å². The van der Waals surface area contributed by atoms with Crippen LogP contribution in [0.3, 0.4) is 0 Å². The first-order valence-corrected chi connectivity index (χ1v) is 8.78. The van der Waals surface area contributed by atoms with Crippen LogP contribution in [0.1, 0.15) is 47.3 Å². The summed E-state index contributed by atoms with van der Waals surface area (Å²) >= 11 is 0. The third-order valence-corrected chi connectivity index (χ3v) is 4.61. The summed E-state index contributed by atoms with van der Waals surface area (Å²) in [7, 11) is 0. The molecule has 6 heteroatoms. The van der Waals surface area contributed by atoms with E-state index in [0.29, 0.717) is 29.2 Å². The fourth-order valence-electron chi connectivity index (χ4n) is 3.16. The fourth-order valence-corrected chi connectivity index (χ4v) is 3.16. The lowest BCUT2D eigenvalue weighted by Crippen LogP contribution is -2.00. The maximum Gasteiger partial charge on any atom is 0.192 e. The van der Waals surface area contributed by atoms with Crippen LogP contribution >= 0.6 is 0 Å². The van der Waals surface area contributed by atoms with E-state index in [2.05, 4.69) is 10.1 Å². The molecule has 26 heavy (non-hydrogen) atoms. The Bertz CT molecular complexity index is 969. The molecule has 134 valence electrons. The van der Waals surface area contributed by atoms with Gasteiger partial charge in [0.25, 0.3) is 0 Å². The van der Waals surface area contributed by atoms with Crippen LogP contribution in [0.4, 0.5) is 4.39 Å². The van der Waals surface area contributed by atoms with Crippen molar-refractivity contribution in [3.63, 3.8) is 0 Å². The van der Waals surface area contributed by atoms with Crippen LogP contribution in [0.2, 0.25) is 0 Å². The zero-order valence-corrected chi connectivity index (χ0v) is 14.8. The maximum atomic E-state index is 13.6. The predicted molar refractivity (Wildman–Crippen MR) is 94.4 cm³/mol. The molecule has 0 saturated heterocycles. The smallest absolute Gasteiger partial charge is 0.192 e. The Morgan fingerprint density at radius 3 is 2.92 bits per heavy atom. The Balaban J connectivity index is 1.67. The lowest BCUT2D eigenvalue weighted by atomic mass is 9.99. The molecule has 0 N–H and O–H groups in total. The van der Waals surface area contributed by atoms with Crippen molar-refractivity contribution in [1.29, 1.82) is 0 Å². The summed E-state index contributed by atoms with van der Waals surface area (Å²) in [6.07, 6.45) is 6.97. The van der Waals surface area contributed by atoms with Gasteiger partial charge in [-0.25, -0.2) is 9.37 Å². The number of carbonyl (C=O) groups excluding carboxylic acids is 1. The molecule has 1 saturated carbocycles. The maximum absolute atomic E-state index is 13.6. The minimum atomic E-state index is -0.446. The molecule has 3 aromatic rings. The molecule has 4 rings (SSSR count). The highest BCUT2D eigenvalue weighted by molar-refractivity contribution is 6.00. The first kappa shape index (κ1) is 16.7. The molecule has 1 aromatic carbocycles. The molecule has 1 aliphatic carbocycles. The summed E-state index contributed by atoms with van der Waals surface area (Å²) in [4.78, 5) is 16.4. The number of aryl methyl sites for hydroxylation is 1. The molecule has 0 bridgehead atoms. The molecular formula is C20H20FN3O2. The van der Waals surface area contributed by atoms with Crippen LogP contribution in [0, 0.1) is 18.7 Å². The van der Waals surface area contributed by atoms with Crippen molar-refractivity contribution in [2.75, 3.05) is 0 Å². The van der Waals surface area contributed by atoms with Gasteiger partial charge in [-0.15, -0.1) is 0 Å². The van der Waals surface area contributed by atoms with E-state index in [1.807, 2.05) is 17.1 Å².